The monoisotopic (exact) mass is 265 g/mol. The molecular weight excluding hydrogens is 258 g/mol. The van der Waals surface area contributed by atoms with Crippen LogP contribution in [0.25, 0.3) is 0 Å². The minimum atomic E-state index is -0.533. The first kappa shape index (κ1) is 12.1. The van der Waals surface area contributed by atoms with Gasteiger partial charge in [0.2, 0.25) is 5.88 Å². The van der Waals surface area contributed by atoms with Crippen molar-refractivity contribution in [2.24, 2.45) is 0 Å². The Morgan fingerprint density at radius 3 is 2.72 bits per heavy atom. The summed E-state index contributed by atoms with van der Waals surface area (Å²) < 4.78 is 5.38. The zero-order valence-electron chi connectivity index (χ0n) is 9.04. The van der Waals surface area contributed by atoms with Crippen molar-refractivity contribution in [1.82, 2.24) is 4.98 Å². The molecule has 1 heterocycles. The van der Waals surface area contributed by atoms with Crippen LogP contribution in [0.1, 0.15) is 0 Å². The highest BCUT2D eigenvalue weighted by Gasteiger charge is 2.11. The molecule has 1 aromatic carbocycles. The van der Waals surface area contributed by atoms with Gasteiger partial charge in [-0.15, -0.1) is 0 Å². The molecular formula is C11H8ClN3O3. The summed E-state index contributed by atoms with van der Waals surface area (Å²) in [6.07, 6.45) is 1.49. The van der Waals surface area contributed by atoms with Crippen LogP contribution in [0.4, 0.5) is 11.4 Å². The van der Waals surface area contributed by atoms with Gasteiger partial charge in [0.1, 0.15) is 5.75 Å². The lowest BCUT2D eigenvalue weighted by Gasteiger charge is -2.06. The quantitative estimate of drug-likeness (QED) is 0.680. The summed E-state index contributed by atoms with van der Waals surface area (Å²) in [5.74, 6) is 0.547. The van der Waals surface area contributed by atoms with E-state index in [1.807, 2.05) is 0 Å². The van der Waals surface area contributed by atoms with E-state index in [4.69, 9.17) is 22.1 Å². The predicted molar refractivity (Wildman–Crippen MR) is 66.8 cm³/mol. The SMILES string of the molecule is Nc1ccnc(Oc2ccc([N+](=O)[O-])cc2Cl)c1. The fraction of sp³-hybridized carbons (Fsp3) is 0. The van der Waals surface area contributed by atoms with Crippen LogP contribution >= 0.6 is 11.6 Å². The molecule has 0 aliphatic carbocycles. The van der Waals surface area contributed by atoms with E-state index in [2.05, 4.69) is 4.98 Å². The Morgan fingerprint density at radius 1 is 1.33 bits per heavy atom. The van der Waals surface area contributed by atoms with Crippen molar-refractivity contribution in [3.63, 3.8) is 0 Å². The van der Waals surface area contributed by atoms with Crippen LogP contribution in [-0.4, -0.2) is 9.91 Å². The summed E-state index contributed by atoms with van der Waals surface area (Å²) in [5, 5.41) is 10.7. The predicted octanol–water partition coefficient (Wildman–Crippen LogP) is 3.02. The molecule has 2 rings (SSSR count). The molecule has 0 radical (unpaired) electrons. The van der Waals surface area contributed by atoms with Crippen LogP contribution in [0, 0.1) is 10.1 Å². The lowest BCUT2D eigenvalue weighted by molar-refractivity contribution is -0.384. The van der Waals surface area contributed by atoms with Gasteiger partial charge in [0.15, 0.2) is 0 Å². The summed E-state index contributed by atoms with van der Waals surface area (Å²) in [6.45, 7) is 0. The number of nitro benzene ring substituents is 1. The largest absolute Gasteiger partial charge is 0.437 e. The molecule has 0 unspecified atom stereocenters. The first-order valence-electron chi connectivity index (χ1n) is 4.89. The minimum absolute atomic E-state index is 0.104. The van der Waals surface area contributed by atoms with E-state index in [-0.39, 0.29) is 22.3 Å². The van der Waals surface area contributed by atoms with Gasteiger partial charge >= 0.3 is 0 Å². The van der Waals surface area contributed by atoms with Crippen molar-refractivity contribution < 1.29 is 9.66 Å². The average molecular weight is 266 g/mol. The molecule has 6 nitrogen and oxygen atoms in total. The van der Waals surface area contributed by atoms with Crippen LogP contribution in [-0.2, 0) is 0 Å². The third kappa shape index (κ3) is 2.67. The molecule has 0 atom stereocenters. The minimum Gasteiger partial charge on any atom is -0.437 e. The summed E-state index contributed by atoms with van der Waals surface area (Å²) in [6, 6.07) is 7.06. The van der Waals surface area contributed by atoms with E-state index in [1.165, 1.54) is 30.5 Å². The molecule has 0 bridgehead atoms. The van der Waals surface area contributed by atoms with Crippen molar-refractivity contribution in [1.29, 1.82) is 0 Å². The van der Waals surface area contributed by atoms with Gasteiger partial charge in [-0.3, -0.25) is 10.1 Å². The number of nitrogen functional groups attached to an aromatic ring is 1. The zero-order valence-corrected chi connectivity index (χ0v) is 9.79. The summed E-state index contributed by atoms with van der Waals surface area (Å²) >= 11 is 5.87. The highest BCUT2D eigenvalue weighted by atomic mass is 35.5. The van der Waals surface area contributed by atoms with Crippen LogP contribution in [0.3, 0.4) is 0 Å². The molecule has 0 fully saturated rings. The molecule has 0 aliphatic heterocycles. The second kappa shape index (κ2) is 4.89. The maximum absolute atomic E-state index is 10.5. The first-order valence-corrected chi connectivity index (χ1v) is 5.27. The summed E-state index contributed by atoms with van der Waals surface area (Å²) in [7, 11) is 0. The Kier molecular flexibility index (Phi) is 3.29. The Bertz CT molecular complexity index is 604. The molecule has 2 aromatic rings. The second-order valence-electron chi connectivity index (χ2n) is 3.40. The molecule has 0 saturated heterocycles. The Hall–Kier alpha value is -2.34. The molecule has 0 saturated carbocycles. The van der Waals surface area contributed by atoms with E-state index in [9.17, 15) is 10.1 Å². The van der Waals surface area contributed by atoms with Crippen molar-refractivity contribution in [3.8, 4) is 11.6 Å². The lowest BCUT2D eigenvalue weighted by atomic mass is 10.3. The van der Waals surface area contributed by atoms with Crippen LogP contribution in [0.2, 0.25) is 5.02 Å². The number of hydrogen-bond donors (Lipinski definition) is 1. The first-order chi connectivity index (χ1) is 8.56. The number of nitro groups is 1. The fourth-order valence-electron chi connectivity index (χ4n) is 1.28. The Balaban J connectivity index is 2.27. The van der Waals surface area contributed by atoms with Crippen molar-refractivity contribution >= 4 is 23.0 Å². The number of rotatable bonds is 3. The van der Waals surface area contributed by atoms with Crippen molar-refractivity contribution in [3.05, 3.63) is 51.7 Å². The zero-order chi connectivity index (χ0) is 13.1. The number of ether oxygens (including phenoxy) is 1. The standard InChI is InChI=1S/C11H8ClN3O3/c12-9-6-8(15(16)17)1-2-10(9)18-11-5-7(13)3-4-14-11/h1-6H,(H2,13,14). The van der Waals surface area contributed by atoms with Crippen LogP contribution in [0.5, 0.6) is 11.6 Å². The highest BCUT2D eigenvalue weighted by Crippen LogP contribution is 2.31. The maximum atomic E-state index is 10.5. The topological polar surface area (TPSA) is 91.3 Å². The Labute approximate surface area is 107 Å². The van der Waals surface area contributed by atoms with E-state index in [1.54, 1.807) is 6.07 Å². The van der Waals surface area contributed by atoms with Gasteiger partial charge in [-0.2, -0.15) is 0 Å². The molecule has 92 valence electrons. The van der Waals surface area contributed by atoms with E-state index >= 15 is 0 Å². The molecule has 0 amide bonds. The van der Waals surface area contributed by atoms with Gasteiger partial charge in [0.05, 0.1) is 9.95 Å². The summed E-state index contributed by atoms with van der Waals surface area (Å²) in [4.78, 5) is 14.0. The van der Waals surface area contributed by atoms with E-state index in [0.29, 0.717) is 5.69 Å². The van der Waals surface area contributed by atoms with Gasteiger partial charge in [-0.25, -0.2) is 4.98 Å². The van der Waals surface area contributed by atoms with E-state index in [0.717, 1.165) is 0 Å². The normalized spacial score (nSPS) is 10.1. The smallest absolute Gasteiger partial charge is 0.271 e. The third-order valence-electron chi connectivity index (χ3n) is 2.10. The number of hydrogen-bond acceptors (Lipinski definition) is 5. The number of benzene rings is 1. The van der Waals surface area contributed by atoms with Crippen LogP contribution < -0.4 is 10.5 Å². The fourth-order valence-corrected chi connectivity index (χ4v) is 1.49. The van der Waals surface area contributed by atoms with Gasteiger partial charge in [-0.05, 0) is 12.1 Å². The third-order valence-corrected chi connectivity index (χ3v) is 2.40. The Morgan fingerprint density at radius 2 is 2.11 bits per heavy atom. The lowest BCUT2D eigenvalue weighted by Crippen LogP contribution is -1.92. The van der Waals surface area contributed by atoms with E-state index < -0.39 is 4.92 Å². The molecule has 0 spiro atoms. The molecule has 18 heavy (non-hydrogen) atoms. The number of halogens is 1. The number of nitrogens with two attached hydrogens (primary N) is 1. The number of aromatic nitrogens is 1. The molecule has 7 heteroatoms. The number of anilines is 1. The van der Waals surface area contributed by atoms with Gasteiger partial charge in [0.25, 0.3) is 5.69 Å². The van der Waals surface area contributed by atoms with Crippen LogP contribution in [0.15, 0.2) is 36.5 Å². The summed E-state index contributed by atoms with van der Waals surface area (Å²) in [5.41, 5.74) is 5.97. The maximum Gasteiger partial charge on any atom is 0.271 e. The average Bonchev–Trinajstić information content (AvgIpc) is 2.31. The second-order valence-corrected chi connectivity index (χ2v) is 3.81. The number of nitrogens with zero attached hydrogens (tertiary/aromatic N) is 2. The highest BCUT2D eigenvalue weighted by molar-refractivity contribution is 6.32. The molecule has 0 aliphatic rings. The van der Waals surface area contributed by atoms with Gasteiger partial charge in [-0.1, -0.05) is 11.6 Å². The van der Waals surface area contributed by atoms with Crippen molar-refractivity contribution in [2.75, 3.05) is 5.73 Å². The van der Waals surface area contributed by atoms with Gasteiger partial charge < -0.3 is 10.5 Å². The molecule has 1 aromatic heterocycles. The molecule has 2 N–H and O–H groups in total. The van der Waals surface area contributed by atoms with Gasteiger partial charge in [0, 0.05) is 30.1 Å². The number of pyridine rings is 1. The van der Waals surface area contributed by atoms with Crippen molar-refractivity contribution in [2.45, 2.75) is 0 Å². The number of non-ortho nitro benzene ring substituents is 1.